The van der Waals surface area contributed by atoms with Gasteiger partial charge in [0.2, 0.25) is 0 Å². The van der Waals surface area contributed by atoms with Gasteiger partial charge in [-0.3, -0.25) is 19.1 Å². The molecule has 2 atom stereocenters. The lowest BCUT2D eigenvalue weighted by molar-refractivity contribution is -0.0677. The Kier molecular flexibility index (Phi) is 7.99. The van der Waals surface area contributed by atoms with Crippen LogP contribution in [0.2, 0.25) is 0 Å². The highest BCUT2D eigenvalue weighted by molar-refractivity contribution is 6.06. The molecule has 12 heteroatoms. The van der Waals surface area contributed by atoms with Crippen molar-refractivity contribution in [3.05, 3.63) is 117 Å². The molecule has 3 aliphatic rings. The number of hydrogen-bond acceptors (Lipinski definition) is 8. The van der Waals surface area contributed by atoms with E-state index in [1.54, 1.807) is 25.3 Å². The summed E-state index contributed by atoms with van der Waals surface area (Å²) in [6.45, 7) is 2.63. The fourth-order valence-electron chi connectivity index (χ4n) is 5.15. The number of benzene rings is 2. The average molecular weight is 604 g/mol. The molecule has 1 aromatic heterocycles. The summed E-state index contributed by atoms with van der Waals surface area (Å²) in [5.41, 5.74) is 0.0566. The average Bonchev–Trinajstić information content (AvgIpc) is 3.02. The van der Waals surface area contributed by atoms with Crippen LogP contribution in [-0.2, 0) is 14.2 Å². The summed E-state index contributed by atoms with van der Waals surface area (Å²) in [6.07, 6.45) is 5.77. The van der Waals surface area contributed by atoms with Gasteiger partial charge in [-0.05, 0) is 55.5 Å². The number of nitrogens with zero attached hydrogens (tertiary/aromatic N) is 2. The largest absolute Gasteiger partial charge is 0.493 e. The first-order chi connectivity index (χ1) is 21.4. The third-order valence-electron chi connectivity index (χ3n) is 7.13. The quantitative estimate of drug-likeness (QED) is 0.390. The summed E-state index contributed by atoms with van der Waals surface area (Å²) in [6, 6.07) is 10.6. The van der Waals surface area contributed by atoms with Gasteiger partial charge < -0.3 is 29.0 Å². The predicted octanol–water partition coefficient (Wildman–Crippen LogP) is 4.90. The van der Waals surface area contributed by atoms with E-state index in [2.05, 4.69) is 10.3 Å². The van der Waals surface area contributed by atoms with Gasteiger partial charge in [-0.2, -0.15) is 0 Å². The number of amides is 1. The van der Waals surface area contributed by atoms with Gasteiger partial charge >= 0.3 is 0 Å². The SMILES string of the molecule is CCOc1ccn(-c2ccc(F)cc2)c(=O)c1C(=O)Nc1ccc(OC2=CC=NC3=CC(OC)=C4OCCOC4C32)c(F)c1. The molecule has 10 nitrogen and oxygen atoms in total. The van der Waals surface area contributed by atoms with Crippen molar-refractivity contribution in [2.75, 3.05) is 32.2 Å². The smallest absolute Gasteiger partial charge is 0.271 e. The van der Waals surface area contributed by atoms with Crippen LogP contribution in [0.1, 0.15) is 17.3 Å². The van der Waals surface area contributed by atoms with Gasteiger partial charge in [0.25, 0.3) is 11.5 Å². The lowest BCUT2D eigenvalue weighted by atomic mass is 9.88. The number of dihydropyridines is 1. The predicted molar refractivity (Wildman–Crippen MR) is 156 cm³/mol. The number of rotatable bonds is 8. The number of aromatic nitrogens is 1. The Morgan fingerprint density at radius 1 is 1.11 bits per heavy atom. The topological polar surface area (TPSA) is 110 Å². The van der Waals surface area contributed by atoms with Gasteiger partial charge in [0.15, 0.2) is 23.1 Å². The van der Waals surface area contributed by atoms with Crippen molar-refractivity contribution in [1.82, 2.24) is 4.57 Å². The minimum absolute atomic E-state index is 0.0509. The number of ether oxygens (including phenoxy) is 5. The lowest BCUT2D eigenvalue weighted by Crippen LogP contribution is -2.40. The molecule has 1 N–H and O–H groups in total. The number of halogens is 2. The summed E-state index contributed by atoms with van der Waals surface area (Å²) < 4.78 is 58.8. The van der Waals surface area contributed by atoms with E-state index < -0.39 is 35.1 Å². The van der Waals surface area contributed by atoms with Crippen molar-refractivity contribution in [3.8, 4) is 17.2 Å². The van der Waals surface area contributed by atoms with Crippen LogP contribution in [-0.4, -0.2) is 49.7 Å². The monoisotopic (exact) mass is 603 g/mol. The Morgan fingerprint density at radius 3 is 2.68 bits per heavy atom. The Morgan fingerprint density at radius 2 is 1.93 bits per heavy atom. The van der Waals surface area contributed by atoms with Gasteiger partial charge in [0.05, 0.1) is 31.9 Å². The molecule has 2 aliphatic heterocycles. The number of aliphatic imine (C=N–C) groups is 1. The van der Waals surface area contributed by atoms with Crippen molar-refractivity contribution in [2.24, 2.45) is 10.9 Å². The Balaban J connectivity index is 1.24. The first-order valence-electron chi connectivity index (χ1n) is 13.8. The highest BCUT2D eigenvalue weighted by Crippen LogP contribution is 2.41. The zero-order valence-corrected chi connectivity index (χ0v) is 23.7. The molecule has 0 radical (unpaired) electrons. The second-order valence-corrected chi connectivity index (χ2v) is 9.81. The normalized spacial score (nSPS) is 18.7. The van der Waals surface area contributed by atoms with Gasteiger partial charge in [0.1, 0.15) is 35.6 Å². The molecule has 0 bridgehead atoms. The van der Waals surface area contributed by atoms with Crippen molar-refractivity contribution < 1.29 is 37.3 Å². The van der Waals surface area contributed by atoms with Crippen molar-refractivity contribution in [2.45, 2.75) is 13.0 Å². The maximum Gasteiger partial charge on any atom is 0.271 e. The van der Waals surface area contributed by atoms with Crippen molar-refractivity contribution in [3.63, 3.8) is 0 Å². The number of anilines is 1. The molecule has 44 heavy (non-hydrogen) atoms. The van der Waals surface area contributed by atoms with Crippen LogP contribution < -0.4 is 20.3 Å². The van der Waals surface area contributed by atoms with Crippen LogP contribution in [0.4, 0.5) is 14.5 Å². The molecular weight excluding hydrogens is 576 g/mol. The van der Waals surface area contributed by atoms with Crippen LogP contribution in [0.25, 0.3) is 5.69 Å². The van der Waals surface area contributed by atoms with E-state index in [-0.39, 0.29) is 29.4 Å². The molecule has 1 aliphatic carbocycles. The van der Waals surface area contributed by atoms with Gasteiger partial charge in [-0.25, -0.2) is 8.78 Å². The standard InChI is InChI=1S/C32H27F2N3O7/c1-3-41-24-11-13-37(20-7-4-18(33)5-8-20)32(39)28(24)31(38)36-19-6-9-23(21(34)16-19)44-25-10-12-35-22-17-26(40-2)29-30(27(22)25)43-15-14-42-29/h4-13,16-17,27,30H,3,14-15H2,1-2H3,(H,36,38). The molecule has 1 fully saturated rings. The van der Waals surface area contributed by atoms with E-state index in [1.165, 1.54) is 60.3 Å². The molecule has 1 saturated heterocycles. The number of hydrogen-bond donors (Lipinski definition) is 1. The van der Waals surface area contributed by atoms with Gasteiger partial charge in [-0.15, -0.1) is 0 Å². The number of pyridine rings is 1. The second kappa shape index (κ2) is 12.2. The van der Waals surface area contributed by atoms with Crippen LogP contribution in [0, 0.1) is 17.6 Å². The number of allylic oxidation sites excluding steroid dienone is 2. The number of methoxy groups -OCH3 is 1. The molecule has 3 heterocycles. The number of carbonyl (C=O) groups is 1. The van der Waals surface area contributed by atoms with E-state index in [4.69, 9.17) is 23.7 Å². The second-order valence-electron chi connectivity index (χ2n) is 9.81. The van der Waals surface area contributed by atoms with E-state index in [9.17, 15) is 14.0 Å². The zero-order chi connectivity index (χ0) is 30.8. The van der Waals surface area contributed by atoms with Crippen LogP contribution in [0.5, 0.6) is 11.5 Å². The lowest BCUT2D eigenvalue weighted by Gasteiger charge is -2.37. The summed E-state index contributed by atoms with van der Waals surface area (Å²) >= 11 is 0. The molecule has 2 unspecified atom stereocenters. The Bertz CT molecular complexity index is 1790. The third kappa shape index (κ3) is 5.47. The van der Waals surface area contributed by atoms with Gasteiger partial charge in [-0.1, -0.05) is 0 Å². The molecule has 0 saturated carbocycles. The number of carbonyl (C=O) groups excluding carboxylic acids is 1. The summed E-state index contributed by atoms with van der Waals surface area (Å²) in [5.74, 6) is -1.18. The first kappa shape index (κ1) is 28.9. The van der Waals surface area contributed by atoms with E-state index >= 15 is 4.39 Å². The molecule has 6 rings (SSSR count). The summed E-state index contributed by atoms with van der Waals surface area (Å²) in [7, 11) is 1.53. The van der Waals surface area contributed by atoms with Crippen LogP contribution >= 0.6 is 0 Å². The minimum Gasteiger partial charge on any atom is -0.493 e. The Labute approximate surface area is 250 Å². The van der Waals surface area contributed by atoms with Gasteiger partial charge in [0, 0.05) is 35.9 Å². The maximum absolute atomic E-state index is 15.4. The van der Waals surface area contributed by atoms with E-state index in [0.717, 1.165) is 6.07 Å². The fourth-order valence-corrected chi connectivity index (χ4v) is 5.15. The first-order valence-corrected chi connectivity index (χ1v) is 13.8. The van der Waals surface area contributed by atoms with Crippen molar-refractivity contribution >= 4 is 17.8 Å². The zero-order valence-electron chi connectivity index (χ0n) is 23.7. The van der Waals surface area contributed by atoms with E-state index in [0.29, 0.717) is 41.9 Å². The molecule has 226 valence electrons. The Hall–Kier alpha value is -5.23. The third-order valence-corrected chi connectivity index (χ3v) is 7.13. The molecule has 3 aromatic rings. The molecule has 2 aromatic carbocycles. The number of nitrogens with one attached hydrogen (secondary N) is 1. The van der Waals surface area contributed by atoms with Crippen molar-refractivity contribution in [1.29, 1.82) is 0 Å². The molecule has 0 spiro atoms. The molecule has 1 amide bonds. The number of fused-ring (bicyclic) bond motifs is 3. The van der Waals surface area contributed by atoms with Crippen LogP contribution in [0.3, 0.4) is 0 Å². The summed E-state index contributed by atoms with van der Waals surface area (Å²) in [4.78, 5) is 31.1. The van der Waals surface area contributed by atoms with Crippen LogP contribution in [0.15, 0.2) is 99.6 Å². The highest BCUT2D eigenvalue weighted by atomic mass is 19.1. The molecular formula is C32H27F2N3O7. The van der Waals surface area contributed by atoms with E-state index in [1.807, 2.05) is 0 Å². The minimum atomic E-state index is -0.811. The highest BCUT2D eigenvalue weighted by Gasteiger charge is 2.42. The summed E-state index contributed by atoms with van der Waals surface area (Å²) in [5, 5.41) is 2.56. The maximum atomic E-state index is 15.4. The fraction of sp³-hybridized carbons (Fsp3) is 0.219.